The highest BCUT2D eigenvalue weighted by Crippen LogP contribution is 2.11. The summed E-state index contributed by atoms with van der Waals surface area (Å²) in [7, 11) is 0. The van der Waals surface area contributed by atoms with E-state index in [0.717, 1.165) is 4.88 Å². The average Bonchev–Trinajstić information content (AvgIpc) is 3.06. The number of aromatic nitrogens is 1. The molecule has 2 amide bonds. The lowest BCUT2D eigenvalue weighted by Crippen LogP contribution is -2.52. The predicted octanol–water partition coefficient (Wildman–Crippen LogP) is 0.978. The molecule has 19 heavy (non-hydrogen) atoms. The molecule has 0 fully saturated rings. The fourth-order valence-corrected chi connectivity index (χ4v) is 2.76. The molecule has 1 aliphatic heterocycles. The molecule has 1 unspecified atom stereocenters. The van der Waals surface area contributed by atoms with Crippen LogP contribution < -0.4 is 10.6 Å². The topological polar surface area (TPSA) is 63.1 Å². The van der Waals surface area contributed by atoms with E-state index in [1.165, 1.54) is 0 Å². The first kappa shape index (κ1) is 12.0. The van der Waals surface area contributed by atoms with E-state index in [1.807, 2.05) is 23.7 Å². The van der Waals surface area contributed by atoms with Crippen LogP contribution in [0, 0.1) is 0 Å². The van der Waals surface area contributed by atoms with Crippen LogP contribution in [0.2, 0.25) is 0 Å². The first-order valence-corrected chi connectivity index (χ1v) is 6.88. The molecule has 2 aromatic heterocycles. The zero-order chi connectivity index (χ0) is 13.2. The molecule has 0 saturated carbocycles. The molecule has 3 rings (SSSR count). The lowest BCUT2D eigenvalue weighted by Gasteiger charge is -2.24. The average molecular weight is 275 g/mol. The number of hydrogen-bond acceptors (Lipinski definition) is 3. The Hall–Kier alpha value is -2.08. The molecule has 98 valence electrons. The fraction of sp³-hybridized carbons (Fsp3) is 0.231. The molecule has 2 aromatic rings. The van der Waals surface area contributed by atoms with Crippen LogP contribution in [-0.4, -0.2) is 22.4 Å². The maximum absolute atomic E-state index is 12.0. The van der Waals surface area contributed by atoms with E-state index >= 15 is 0 Å². The highest BCUT2D eigenvalue weighted by Gasteiger charge is 2.28. The summed E-state index contributed by atoms with van der Waals surface area (Å²) in [4.78, 5) is 24.9. The summed E-state index contributed by atoms with van der Waals surface area (Å²) in [5.41, 5.74) is 0.599. The van der Waals surface area contributed by atoms with Gasteiger partial charge in [-0.25, -0.2) is 0 Å². The number of hydrogen-bond donors (Lipinski definition) is 2. The van der Waals surface area contributed by atoms with E-state index < -0.39 is 6.04 Å². The number of nitrogens with zero attached hydrogens (tertiary/aromatic N) is 1. The van der Waals surface area contributed by atoms with Crippen LogP contribution in [-0.2, 0) is 17.9 Å². The number of nitrogens with one attached hydrogen (secondary N) is 2. The van der Waals surface area contributed by atoms with Gasteiger partial charge in [-0.2, -0.15) is 0 Å². The molecular formula is C13H13N3O2S. The first-order chi connectivity index (χ1) is 9.24. The van der Waals surface area contributed by atoms with Gasteiger partial charge in [0, 0.05) is 11.1 Å². The lowest BCUT2D eigenvalue weighted by atomic mass is 10.2. The second-order valence-corrected chi connectivity index (χ2v) is 5.40. The van der Waals surface area contributed by atoms with Crippen LogP contribution in [0.15, 0.2) is 35.8 Å². The summed E-state index contributed by atoms with van der Waals surface area (Å²) in [6, 6.07) is 6.96. The van der Waals surface area contributed by atoms with Gasteiger partial charge in [0.15, 0.2) is 0 Å². The van der Waals surface area contributed by atoms with E-state index in [-0.39, 0.29) is 11.8 Å². The molecule has 3 heterocycles. The minimum absolute atomic E-state index is 0.152. The summed E-state index contributed by atoms with van der Waals surface area (Å²) < 4.78 is 1.80. The van der Waals surface area contributed by atoms with Gasteiger partial charge in [-0.15, -0.1) is 11.3 Å². The predicted molar refractivity (Wildman–Crippen MR) is 71.9 cm³/mol. The Bertz CT molecular complexity index is 603. The largest absolute Gasteiger partial charge is 0.349 e. The minimum Gasteiger partial charge on any atom is -0.349 e. The Labute approximate surface area is 114 Å². The fourth-order valence-electron chi connectivity index (χ4n) is 2.11. The van der Waals surface area contributed by atoms with Crippen LogP contribution in [0.5, 0.6) is 0 Å². The number of carbonyl (C=O) groups excluding carboxylic acids is 2. The Morgan fingerprint density at radius 1 is 1.47 bits per heavy atom. The monoisotopic (exact) mass is 275 g/mol. The van der Waals surface area contributed by atoms with Crippen molar-refractivity contribution in [3.05, 3.63) is 46.4 Å². The SMILES string of the molecule is O=C1NC(C(=O)NCc2cccs2)Cn2cccc21. The molecule has 0 aromatic carbocycles. The third kappa shape index (κ3) is 2.39. The summed E-state index contributed by atoms with van der Waals surface area (Å²) in [5, 5.41) is 7.53. The second-order valence-electron chi connectivity index (χ2n) is 4.37. The quantitative estimate of drug-likeness (QED) is 0.877. The van der Waals surface area contributed by atoms with Crippen molar-refractivity contribution < 1.29 is 9.59 Å². The van der Waals surface area contributed by atoms with Gasteiger partial charge in [-0.3, -0.25) is 9.59 Å². The summed E-state index contributed by atoms with van der Waals surface area (Å²) in [6.07, 6.45) is 1.81. The molecule has 0 aliphatic carbocycles. The van der Waals surface area contributed by atoms with Gasteiger partial charge in [-0.1, -0.05) is 6.07 Å². The molecule has 2 N–H and O–H groups in total. The van der Waals surface area contributed by atoms with Crippen molar-refractivity contribution in [2.45, 2.75) is 19.1 Å². The molecule has 5 nitrogen and oxygen atoms in total. The van der Waals surface area contributed by atoms with Crippen LogP contribution in [0.1, 0.15) is 15.4 Å². The Balaban J connectivity index is 1.64. The van der Waals surface area contributed by atoms with Crippen molar-refractivity contribution in [1.29, 1.82) is 0 Å². The Morgan fingerprint density at radius 3 is 3.16 bits per heavy atom. The van der Waals surface area contributed by atoms with Crippen molar-refractivity contribution in [1.82, 2.24) is 15.2 Å². The summed E-state index contributed by atoms with van der Waals surface area (Å²) >= 11 is 1.59. The van der Waals surface area contributed by atoms with Gasteiger partial charge in [-0.05, 0) is 23.6 Å². The number of amides is 2. The highest BCUT2D eigenvalue weighted by molar-refractivity contribution is 7.09. The molecule has 1 aliphatic rings. The molecule has 0 saturated heterocycles. The summed E-state index contributed by atoms with van der Waals surface area (Å²) in [5.74, 6) is -0.353. The first-order valence-electron chi connectivity index (χ1n) is 6.00. The van der Waals surface area contributed by atoms with Gasteiger partial charge < -0.3 is 15.2 Å². The standard InChI is InChI=1S/C13H13N3O2S/c17-12(14-7-9-3-2-6-19-9)10-8-16-5-1-4-11(16)13(18)15-10/h1-6,10H,7-8H2,(H,14,17)(H,15,18). The Kier molecular flexibility index (Phi) is 3.08. The van der Waals surface area contributed by atoms with E-state index in [2.05, 4.69) is 10.6 Å². The third-order valence-corrected chi connectivity index (χ3v) is 3.96. The van der Waals surface area contributed by atoms with Crippen LogP contribution in [0.4, 0.5) is 0 Å². The number of thiophene rings is 1. The zero-order valence-corrected chi connectivity index (χ0v) is 10.9. The third-order valence-electron chi connectivity index (χ3n) is 3.08. The maximum atomic E-state index is 12.0. The molecule has 6 heteroatoms. The molecule has 1 atom stereocenters. The van der Waals surface area contributed by atoms with Gasteiger partial charge in [0.25, 0.3) is 5.91 Å². The van der Waals surface area contributed by atoms with E-state index in [0.29, 0.717) is 18.8 Å². The van der Waals surface area contributed by atoms with Gasteiger partial charge >= 0.3 is 0 Å². The van der Waals surface area contributed by atoms with Crippen molar-refractivity contribution in [2.75, 3.05) is 0 Å². The van der Waals surface area contributed by atoms with E-state index in [4.69, 9.17) is 0 Å². The number of carbonyl (C=O) groups is 2. The van der Waals surface area contributed by atoms with Crippen molar-refractivity contribution in [3.8, 4) is 0 Å². The second kappa shape index (κ2) is 4.89. The molecule has 0 spiro atoms. The Morgan fingerprint density at radius 2 is 2.37 bits per heavy atom. The minimum atomic E-state index is -0.507. The molecule has 0 bridgehead atoms. The smallest absolute Gasteiger partial charge is 0.268 e. The molecular weight excluding hydrogens is 262 g/mol. The van der Waals surface area contributed by atoms with Crippen LogP contribution in [0.25, 0.3) is 0 Å². The van der Waals surface area contributed by atoms with Gasteiger partial charge in [0.2, 0.25) is 5.91 Å². The number of rotatable bonds is 3. The van der Waals surface area contributed by atoms with Gasteiger partial charge in [0.05, 0.1) is 13.1 Å². The van der Waals surface area contributed by atoms with Crippen LogP contribution in [0.3, 0.4) is 0 Å². The van der Waals surface area contributed by atoms with E-state index in [1.54, 1.807) is 28.0 Å². The lowest BCUT2D eigenvalue weighted by molar-refractivity contribution is -0.123. The number of fused-ring (bicyclic) bond motifs is 1. The zero-order valence-electron chi connectivity index (χ0n) is 10.1. The normalized spacial score (nSPS) is 17.7. The van der Waals surface area contributed by atoms with Crippen molar-refractivity contribution >= 4 is 23.2 Å². The highest BCUT2D eigenvalue weighted by atomic mass is 32.1. The van der Waals surface area contributed by atoms with Crippen molar-refractivity contribution in [2.24, 2.45) is 0 Å². The van der Waals surface area contributed by atoms with E-state index in [9.17, 15) is 9.59 Å². The molecule has 0 radical (unpaired) electrons. The maximum Gasteiger partial charge on any atom is 0.268 e. The van der Waals surface area contributed by atoms with Gasteiger partial charge in [0.1, 0.15) is 11.7 Å². The summed E-state index contributed by atoms with van der Waals surface area (Å²) in [6.45, 7) is 0.978. The van der Waals surface area contributed by atoms with Crippen LogP contribution >= 0.6 is 11.3 Å². The van der Waals surface area contributed by atoms with Crippen molar-refractivity contribution in [3.63, 3.8) is 0 Å².